The van der Waals surface area contributed by atoms with Gasteiger partial charge in [0.25, 0.3) is 5.91 Å². The summed E-state index contributed by atoms with van der Waals surface area (Å²) in [5, 5.41) is 12.1. The van der Waals surface area contributed by atoms with Gasteiger partial charge in [0.1, 0.15) is 12.6 Å². The molecule has 0 aromatic heterocycles. The van der Waals surface area contributed by atoms with Crippen LogP contribution in [0.25, 0.3) is 0 Å². The molecule has 9 nitrogen and oxygen atoms in total. The second-order valence-corrected chi connectivity index (χ2v) is 7.71. The van der Waals surface area contributed by atoms with E-state index in [1.165, 1.54) is 4.90 Å². The first-order chi connectivity index (χ1) is 15.5. The van der Waals surface area contributed by atoms with Crippen molar-refractivity contribution in [1.29, 1.82) is 0 Å². The number of carboxylic acids is 1. The first kappa shape index (κ1) is 21.5. The lowest BCUT2D eigenvalue weighted by Crippen LogP contribution is -2.58. The molecule has 0 radical (unpaired) electrons. The third-order valence-electron chi connectivity index (χ3n) is 5.54. The smallest absolute Gasteiger partial charge is 0.326 e. The summed E-state index contributed by atoms with van der Waals surface area (Å²) in [6.07, 6.45) is -0.534. The molecule has 2 aliphatic rings. The molecular formula is C23H25N3O6. The Hall–Kier alpha value is -3.75. The molecule has 9 heteroatoms. The first-order valence-electron chi connectivity index (χ1n) is 10.5. The monoisotopic (exact) mass is 439 g/mol. The van der Waals surface area contributed by atoms with E-state index in [9.17, 15) is 19.5 Å². The second kappa shape index (κ2) is 9.59. The molecule has 0 saturated carbocycles. The highest BCUT2D eigenvalue weighted by Gasteiger charge is 2.34. The Balaban J connectivity index is 1.28. The van der Waals surface area contributed by atoms with Gasteiger partial charge >= 0.3 is 12.0 Å². The number of hydrogen-bond acceptors (Lipinski definition) is 5. The molecule has 1 saturated heterocycles. The van der Waals surface area contributed by atoms with Crippen molar-refractivity contribution in [3.8, 4) is 11.5 Å². The Morgan fingerprint density at radius 2 is 1.56 bits per heavy atom. The predicted molar refractivity (Wildman–Crippen MR) is 115 cm³/mol. The standard InChI is InChI=1S/C23H25N3O6/c27-21(20-15-31-18-8-4-5-9-19(18)32-20)25-10-12-26(13-11-25)23(30)24-17(22(28)29)14-16-6-2-1-3-7-16/h1-9,17,20H,10-15H2,(H,24,30)(H,28,29)/t17-,20?/m0/s1. The van der Waals surface area contributed by atoms with Crippen LogP contribution in [-0.4, -0.2) is 77.7 Å². The van der Waals surface area contributed by atoms with Crippen LogP contribution in [0.4, 0.5) is 4.79 Å². The molecule has 0 spiro atoms. The number of rotatable bonds is 5. The average molecular weight is 439 g/mol. The van der Waals surface area contributed by atoms with E-state index in [4.69, 9.17) is 9.47 Å². The van der Waals surface area contributed by atoms with Gasteiger partial charge in [-0.3, -0.25) is 4.79 Å². The maximum absolute atomic E-state index is 12.8. The Morgan fingerprint density at radius 3 is 2.25 bits per heavy atom. The average Bonchev–Trinajstić information content (AvgIpc) is 2.83. The van der Waals surface area contributed by atoms with Crippen LogP contribution >= 0.6 is 0 Å². The van der Waals surface area contributed by atoms with Crippen LogP contribution in [0.3, 0.4) is 0 Å². The van der Waals surface area contributed by atoms with Crippen LogP contribution < -0.4 is 14.8 Å². The molecule has 2 N–H and O–H groups in total. The first-order valence-corrected chi connectivity index (χ1v) is 10.5. The summed E-state index contributed by atoms with van der Waals surface area (Å²) in [4.78, 5) is 40.2. The fourth-order valence-corrected chi connectivity index (χ4v) is 3.76. The van der Waals surface area contributed by atoms with Crippen molar-refractivity contribution in [3.05, 3.63) is 60.2 Å². The molecular weight excluding hydrogens is 414 g/mol. The van der Waals surface area contributed by atoms with Gasteiger partial charge in [0.2, 0.25) is 6.10 Å². The molecule has 168 valence electrons. The van der Waals surface area contributed by atoms with Crippen molar-refractivity contribution in [2.75, 3.05) is 32.8 Å². The predicted octanol–water partition coefficient (Wildman–Crippen LogP) is 1.38. The largest absolute Gasteiger partial charge is 0.485 e. The number of benzene rings is 2. The minimum atomic E-state index is -1.09. The summed E-state index contributed by atoms with van der Waals surface area (Å²) in [6.45, 7) is 1.42. The molecule has 3 amide bonds. The number of fused-ring (bicyclic) bond motifs is 1. The SMILES string of the molecule is O=C(O)[C@H](Cc1ccccc1)NC(=O)N1CCN(C(=O)C2COc3ccccc3O2)CC1. The Bertz CT molecular complexity index is 975. The van der Waals surface area contributed by atoms with Crippen LogP contribution in [0.1, 0.15) is 5.56 Å². The van der Waals surface area contributed by atoms with Crippen molar-refractivity contribution in [2.45, 2.75) is 18.6 Å². The number of nitrogens with one attached hydrogen (secondary N) is 1. The van der Waals surface area contributed by atoms with Gasteiger partial charge in [0.15, 0.2) is 11.5 Å². The number of amides is 3. The van der Waals surface area contributed by atoms with Gasteiger partial charge in [0, 0.05) is 32.6 Å². The summed E-state index contributed by atoms with van der Waals surface area (Å²) < 4.78 is 11.4. The molecule has 0 aliphatic carbocycles. The van der Waals surface area contributed by atoms with E-state index in [0.29, 0.717) is 37.7 Å². The lowest BCUT2D eigenvalue weighted by Gasteiger charge is -2.37. The molecule has 2 atom stereocenters. The Kier molecular flexibility index (Phi) is 6.44. The van der Waals surface area contributed by atoms with E-state index in [1.54, 1.807) is 17.0 Å². The molecule has 1 fully saturated rings. The van der Waals surface area contributed by atoms with Crippen LogP contribution in [0.2, 0.25) is 0 Å². The molecule has 32 heavy (non-hydrogen) atoms. The normalized spacial score (nSPS) is 18.6. The molecule has 1 unspecified atom stereocenters. The van der Waals surface area contributed by atoms with Gasteiger partial charge in [-0.05, 0) is 17.7 Å². The van der Waals surface area contributed by atoms with Crippen LogP contribution in [-0.2, 0) is 16.0 Å². The minimum absolute atomic E-state index is 0.135. The summed E-state index contributed by atoms with van der Waals surface area (Å²) in [5.41, 5.74) is 0.826. The fourth-order valence-electron chi connectivity index (χ4n) is 3.76. The highest BCUT2D eigenvalue weighted by atomic mass is 16.6. The molecule has 2 heterocycles. The second-order valence-electron chi connectivity index (χ2n) is 7.71. The zero-order chi connectivity index (χ0) is 22.5. The molecule has 2 aromatic carbocycles. The fraction of sp³-hybridized carbons (Fsp3) is 0.348. The van der Waals surface area contributed by atoms with Crippen LogP contribution in [0.15, 0.2) is 54.6 Å². The number of aliphatic carboxylic acids is 1. The van der Waals surface area contributed by atoms with E-state index < -0.39 is 24.1 Å². The number of hydrogen-bond donors (Lipinski definition) is 2. The van der Waals surface area contributed by atoms with Crippen LogP contribution in [0, 0.1) is 0 Å². The van der Waals surface area contributed by atoms with Crippen molar-refractivity contribution in [1.82, 2.24) is 15.1 Å². The summed E-state index contributed by atoms with van der Waals surface area (Å²) in [5.74, 6) is -0.132. The number of piperazine rings is 1. The van der Waals surface area contributed by atoms with Gasteiger partial charge < -0.3 is 29.7 Å². The zero-order valence-electron chi connectivity index (χ0n) is 17.5. The molecule has 2 aromatic rings. The lowest BCUT2D eigenvalue weighted by molar-refractivity contribution is -0.142. The summed E-state index contributed by atoms with van der Waals surface area (Å²) in [6, 6.07) is 14.9. The number of ether oxygens (including phenoxy) is 2. The topological polar surface area (TPSA) is 108 Å². The number of nitrogens with zero attached hydrogens (tertiary/aromatic N) is 2. The number of carboxylic acid groups (broad SMARTS) is 1. The number of para-hydroxylation sites is 2. The number of urea groups is 1. The van der Waals surface area contributed by atoms with Crippen LogP contribution in [0.5, 0.6) is 11.5 Å². The zero-order valence-corrected chi connectivity index (χ0v) is 17.5. The third kappa shape index (κ3) is 4.93. The molecule has 2 aliphatic heterocycles. The van der Waals surface area contributed by atoms with Crippen molar-refractivity contribution in [3.63, 3.8) is 0 Å². The Labute approximate surface area is 185 Å². The van der Waals surface area contributed by atoms with Gasteiger partial charge in [-0.25, -0.2) is 9.59 Å². The lowest BCUT2D eigenvalue weighted by atomic mass is 10.1. The van der Waals surface area contributed by atoms with E-state index >= 15 is 0 Å². The molecule has 0 bridgehead atoms. The highest BCUT2D eigenvalue weighted by Crippen LogP contribution is 2.31. The maximum atomic E-state index is 12.8. The van der Waals surface area contributed by atoms with E-state index in [-0.39, 0.29) is 18.9 Å². The third-order valence-corrected chi connectivity index (χ3v) is 5.54. The van der Waals surface area contributed by atoms with E-state index in [1.807, 2.05) is 42.5 Å². The highest BCUT2D eigenvalue weighted by molar-refractivity contribution is 5.84. The van der Waals surface area contributed by atoms with Gasteiger partial charge in [0.05, 0.1) is 0 Å². The van der Waals surface area contributed by atoms with Gasteiger partial charge in [-0.1, -0.05) is 42.5 Å². The minimum Gasteiger partial charge on any atom is -0.485 e. The summed E-state index contributed by atoms with van der Waals surface area (Å²) in [7, 11) is 0. The maximum Gasteiger partial charge on any atom is 0.326 e. The van der Waals surface area contributed by atoms with Crippen molar-refractivity contribution >= 4 is 17.9 Å². The number of carbonyl (C=O) groups is 3. The quantitative estimate of drug-likeness (QED) is 0.729. The molecule has 4 rings (SSSR count). The summed E-state index contributed by atoms with van der Waals surface area (Å²) >= 11 is 0. The van der Waals surface area contributed by atoms with Gasteiger partial charge in [-0.15, -0.1) is 0 Å². The van der Waals surface area contributed by atoms with E-state index in [0.717, 1.165) is 5.56 Å². The Morgan fingerprint density at radius 1 is 0.938 bits per heavy atom. The number of carbonyl (C=O) groups excluding carboxylic acids is 2. The van der Waals surface area contributed by atoms with Gasteiger partial charge in [-0.2, -0.15) is 0 Å². The van der Waals surface area contributed by atoms with E-state index in [2.05, 4.69) is 5.32 Å². The van der Waals surface area contributed by atoms with Crippen molar-refractivity contribution < 1.29 is 29.0 Å². The van der Waals surface area contributed by atoms with Crippen molar-refractivity contribution in [2.24, 2.45) is 0 Å².